The molecule has 0 saturated heterocycles. The highest BCUT2D eigenvalue weighted by atomic mass is 16.5. The third-order valence-electron chi connectivity index (χ3n) is 6.65. The number of nitrogens with zero attached hydrogens (tertiary/aromatic N) is 2. The largest absolute Gasteiger partial charge is 0.497 e. The molecule has 0 spiro atoms. The third-order valence-corrected chi connectivity index (χ3v) is 6.65. The minimum absolute atomic E-state index is 0.206. The Morgan fingerprint density at radius 3 is 2.46 bits per heavy atom. The second-order valence-electron chi connectivity index (χ2n) is 9.94. The maximum absolute atomic E-state index is 13.3. The summed E-state index contributed by atoms with van der Waals surface area (Å²) < 4.78 is 10.6. The van der Waals surface area contributed by atoms with Gasteiger partial charge in [0.2, 0.25) is 5.89 Å². The molecule has 2 atom stereocenters. The van der Waals surface area contributed by atoms with Gasteiger partial charge in [0.05, 0.1) is 31.5 Å². The molecule has 0 saturated carbocycles. The number of methoxy groups -OCH3 is 1. The Kier molecular flexibility index (Phi) is 10.3. The molecule has 9 heteroatoms. The predicted octanol–water partition coefficient (Wildman–Crippen LogP) is 3.76. The highest BCUT2D eigenvalue weighted by Gasteiger charge is 2.23. The van der Waals surface area contributed by atoms with Crippen molar-refractivity contribution in [1.29, 1.82) is 0 Å². The lowest BCUT2D eigenvalue weighted by molar-refractivity contribution is 0.0772. The van der Waals surface area contributed by atoms with Crippen molar-refractivity contribution in [1.82, 2.24) is 20.5 Å². The van der Waals surface area contributed by atoms with Crippen molar-refractivity contribution in [3.63, 3.8) is 0 Å². The molecule has 9 nitrogen and oxygen atoms in total. The molecule has 0 unspecified atom stereocenters. The van der Waals surface area contributed by atoms with Crippen molar-refractivity contribution in [3.8, 4) is 5.75 Å². The number of nitrogens with one attached hydrogen (secondary N) is 2. The van der Waals surface area contributed by atoms with Crippen LogP contribution in [0.25, 0.3) is 0 Å². The molecular formula is C32H36N4O5. The molecule has 0 fully saturated rings. The number of carbonyl (C=O) groups is 2. The number of amides is 2. The molecular weight excluding hydrogens is 520 g/mol. The van der Waals surface area contributed by atoms with Crippen LogP contribution < -0.4 is 15.4 Å². The predicted molar refractivity (Wildman–Crippen MR) is 156 cm³/mol. The summed E-state index contributed by atoms with van der Waals surface area (Å²) in [7, 11) is 3.27. The van der Waals surface area contributed by atoms with E-state index in [0.29, 0.717) is 30.0 Å². The van der Waals surface area contributed by atoms with E-state index in [0.717, 1.165) is 22.6 Å². The SMILES string of the molecule is COc1cccc(CNC[C@@H](O)[C@H](Cc2ccccc2)NC(=O)c2cccc(C(=O)N(C)Cc3nc(C)co3)c2)c1. The number of aryl methyl sites for hydroxylation is 1. The van der Waals surface area contributed by atoms with Gasteiger partial charge in [-0.25, -0.2) is 4.98 Å². The van der Waals surface area contributed by atoms with Crippen LogP contribution in [0.5, 0.6) is 5.75 Å². The number of hydrogen-bond acceptors (Lipinski definition) is 7. The van der Waals surface area contributed by atoms with Gasteiger partial charge in [0, 0.05) is 31.3 Å². The van der Waals surface area contributed by atoms with Crippen LogP contribution in [0.2, 0.25) is 0 Å². The second-order valence-corrected chi connectivity index (χ2v) is 9.94. The van der Waals surface area contributed by atoms with E-state index in [1.807, 2.05) is 61.5 Å². The fourth-order valence-corrected chi connectivity index (χ4v) is 4.46. The van der Waals surface area contributed by atoms with E-state index in [2.05, 4.69) is 15.6 Å². The van der Waals surface area contributed by atoms with Crippen LogP contribution in [-0.4, -0.2) is 59.7 Å². The minimum atomic E-state index is -0.870. The van der Waals surface area contributed by atoms with Crippen LogP contribution in [0.1, 0.15) is 43.4 Å². The third kappa shape index (κ3) is 8.51. The van der Waals surface area contributed by atoms with Crippen molar-refractivity contribution in [2.45, 2.75) is 38.6 Å². The Morgan fingerprint density at radius 1 is 1.00 bits per heavy atom. The van der Waals surface area contributed by atoms with Gasteiger partial charge in [-0.15, -0.1) is 0 Å². The summed E-state index contributed by atoms with van der Waals surface area (Å²) in [6, 6.07) is 23.3. The summed E-state index contributed by atoms with van der Waals surface area (Å²) in [6.45, 7) is 2.82. The number of benzene rings is 3. The fourth-order valence-electron chi connectivity index (χ4n) is 4.46. The van der Waals surface area contributed by atoms with Crippen LogP contribution in [0.3, 0.4) is 0 Å². The number of oxazole rings is 1. The van der Waals surface area contributed by atoms with E-state index in [1.165, 1.54) is 11.2 Å². The molecule has 2 amide bonds. The van der Waals surface area contributed by atoms with Gasteiger partial charge >= 0.3 is 0 Å². The summed E-state index contributed by atoms with van der Waals surface area (Å²) in [4.78, 5) is 32.1. The summed E-state index contributed by atoms with van der Waals surface area (Å²) in [5, 5.41) is 17.4. The molecule has 0 radical (unpaired) electrons. The van der Waals surface area contributed by atoms with Crippen LogP contribution in [-0.2, 0) is 19.5 Å². The summed E-state index contributed by atoms with van der Waals surface area (Å²) in [5.74, 6) is 0.556. The van der Waals surface area contributed by atoms with E-state index >= 15 is 0 Å². The number of hydrogen-bond donors (Lipinski definition) is 3. The van der Waals surface area contributed by atoms with Crippen molar-refractivity contribution in [2.75, 3.05) is 20.7 Å². The number of aliphatic hydroxyl groups excluding tert-OH is 1. The summed E-state index contributed by atoms with van der Waals surface area (Å²) >= 11 is 0. The number of aliphatic hydroxyl groups is 1. The number of rotatable bonds is 13. The van der Waals surface area contributed by atoms with E-state index in [-0.39, 0.29) is 24.9 Å². The van der Waals surface area contributed by atoms with Gasteiger partial charge in [-0.1, -0.05) is 48.5 Å². The average molecular weight is 557 g/mol. The van der Waals surface area contributed by atoms with Crippen molar-refractivity contribution >= 4 is 11.8 Å². The highest BCUT2D eigenvalue weighted by molar-refractivity contribution is 5.99. The lowest BCUT2D eigenvalue weighted by atomic mass is 10.00. The molecule has 4 aromatic rings. The molecule has 0 aliphatic heterocycles. The van der Waals surface area contributed by atoms with E-state index in [9.17, 15) is 14.7 Å². The number of carbonyl (C=O) groups excluding carboxylic acids is 2. The molecule has 41 heavy (non-hydrogen) atoms. The van der Waals surface area contributed by atoms with Gasteiger partial charge in [0.25, 0.3) is 11.8 Å². The van der Waals surface area contributed by atoms with Crippen molar-refractivity contribution < 1.29 is 23.8 Å². The topological polar surface area (TPSA) is 117 Å². The van der Waals surface area contributed by atoms with Gasteiger partial charge in [-0.3, -0.25) is 9.59 Å². The van der Waals surface area contributed by atoms with Gasteiger partial charge in [-0.05, 0) is 54.8 Å². The maximum atomic E-state index is 13.3. The van der Waals surface area contributed by atoms with Crippen molar-refractivity contribution in [3.05, 3.63) is 119 Å². The smallest absolute Gasteiger partial charge is 0.254 e. The van der Waals surface area contributed by atoms with Crippen LogP contribution in [0.4, 0.5) is 0 Å². The molecule has 4 rings (SSSR count). The molecule has 0 aliphatic carbocycles. The van der Waals surface area contributed by atoms with Gasteiger partial charge in [-0.2, -0.15) is 0 Å². The molecule has 0 bridgehead atoms. The Labute approximate surface area is 240 Å². The number of aromatic nitrogens is 1. The van der Waals surface area contributed by atoms with Crippen LogP contribution in [0.15, 0.2) is 89.5 Å². The quantitative estimate of drug-likeness (QED) is 0.230. The number of ether oxygens (including phenoxy) is 1. The standard InChI is InChI=1S/C32H36N4O5/c1-22-21-41-30(34-22)20-36(2)32(39)26-13-8-12-25(17-26)31(38)35-28(16-23-9-5-4-6-10-23)29(37)19-33-18-24-11-7-14-27(15-24)40-3/h4-15,17,21,28-29,33,37H,16,18-20H2,1-3H3,(H,35,38)/t28-,29+/m0/s1. The normalized spacial score (nSPS) is 12.4. The molecule has 3 aromatic carbocycles. The van der Waals surface area contributed by atoms with Crippen molar-refractivity contribution in [2.24, 2.45) is 0 Å². The summed E-state index contributed by atoms with van der Waals surface area (Å²) in [5.41, 5.74) is 3.43. The Hall–Kier alpha value is -4.47. The van der Waals surface area contributed by atoms with Gasteiger partial charge < -0.3 is 29.8 Å². The fraction of sp³-hybridized carbons (Fsp3) is 0.281. The van der Waals surface area contributed by atoms with Crippen LogP contribution >= 0.6 is 0 Å². The van der Waals surface area contributed by atoms with E-state index in [1.54, 1.807) is 38.4 Å². The summed E-state index contributed by atoms with van der Waals surface area (Å²) in [6.07, 6.45) is 1.10. The van der Waals surface area contributed by atoms with Crippen LogP contribution in [0, 0.1) is 6.92 Å². The maximum Gasteiger partial charge on any atom is 0.254 e. The molecule has 214 valence electrons. The monoisotopic (exact) mass is 556 g/mol. The van der Waals surface area contributed by atoms with E-state index in [4.69, 9.17) is 9.15 Å². The lowest BCUT2D eigenvalue weighted by Crippen LogP contribution is -2.48. The zero-order valence-electron chi connectivity index (χ0n) is 23.5. The molecule has 1 heterocycles. The second kappa shape index (κ2) is 14.2. The molecule has 3 N–H and O–H groups in total. The Balaban J connectivity index is 1.42. The minimum Gasteiger partial charge on any atom is -0.497 e. The Bertz CT molecular complexity index is 1440. The first-order valence-electron chi connectivity index (χ1n) is 13.5. The zero-order chi connectivity index (χ0) is 29.2. The average Bonchev–Trinajstić information content (AvgIpc) is 3.41. The first-order valence-corrected chi connectivity index (χ1v) is 13.5. The molecule has 1 aromatic heterocycles. The first-order chi connectivity index (χ1) is 19.8. The van der Waals surface area contributed by atoms with Gasteiger partial charge in [0.1, 0.15) is 12.0 Å². The Morgan fingerprint density at radius 2 is 1.73 bits per heavy atom. The lowest BCUT2D eigenvalue weighted by Gasteiger charge is -2.25. The van der Waals surface area contributed by atoms with Gasteiger partial charge in [0.15, 0.2) is 0 Å². The zero-order valence-corrected chi connectivity index (χ0v) is 23.5. The molecule has 0 aliphatic rings. The first kappa shape index (κ1) is 29.5. The van der Waals surface area contributed by atoms with E-state index < -0.39 is 12.1 Å². The highest BCUT2D eigenvalue weighted by Crippen LogP contribution is 2.14.